The van der Waals surface area contributed by atoms with Gasteiger partial charge < -0.3 is 5.11 Å². The standard InChI is InChI=1S/C10H12F3NO/c1-6-7(4-2-3-5-15)14-10(13)9(12)8(6)11/h15H,2-5H2,1H3. The van der Waals surface area contributed by atoms with Crippen LogP contribution in [0.5, 0.6) is 0 Å². The highest BCUT2D eigenvalue weighted by Crippen LogP contribution is 2.17. The predicted octanol–water partition coefficient (Wildman–Crippen LogP) is 2.12. The number of hydrogen-bond acceptors (Lipinski definition) is 2. The highest BCUT2D eigenvalue weighted by Gasteiger charge is 2.16. The van der Waals surface area contributed by atoms with Gasteiger partial charge in [0.15, 0.2) is 5.82 Å². The molecule has 84 valence electrons. The SMILES string of the molecule is Cc1c(CCCCO)nc(F)c(F)c1F. The zero-order chi connectivity index (χ0) is 11.4. The van der Waals surface area contributed by atoms with Gasteiger partial charge in [0.1, 0.15) is 0 Å². The first-order valence-corrected chi connectivity index (χ1v) is 4.68. The van der Waals surface area contributed by atoms with E-state index in [0.717, 1.165) is 0 Å². The number of unbranched alkanes of at least 4 members (excludes halogenated alkanes) is 1. The van der Waals surface area contributed by atoms with Crippen LogP contribution in [0.3, 0.4) is 0 Å². The number of aromatic nitrogens is 1. The Morgan fingerprint density at radius 2 is 1.80 bits per heavy atom. The summed E-state index contributed by atoms with van der Waals surface area (Å²) in [5.74, 6) is -4.11. The van der Waals surface area contributed by atoms with Crippen molar-refractivity contribution in [2.45, 2.75) is 26.2 Å². The third-order valence-corrected chi connectivity index (χ3v) is 2.19. The molecular formula is C10H12F3NO. The van der Waals surface area contributed by atoms with E-state index in [4.69, 9.17) is 5.11 Å². The second-order valence-corrected chi connectivity index (χ2v) is 3.28. The quantitative estimate of drug-likeness (QED) is 0.621. The van der Waals surface area contributed by atoms with Gasteiger partial charge in [0.05, 0.1) is 0 Å². The summed E-state index contributed by atoms with van der Waals surface area (Å²) in [7, 11) is 0. The van der Waals surface area contributed by atoms with Crippen LogP contribution in [-0.2, 0) is 6.42 Å². The molecular weight excluding hydrogens is 207 g/mol. The maximum atomic E-state index is 13.1. The summed E-state index contributed by atoms with van der Waals surface area (Å²) in [6.07, 6.45) is 1.43. The van der Waals surface area contributed by atoms with E-state index in [1.807, 2.05) is 0 Å². The van der Waals surface area contributed by atoms with Crippen LogP contribution in [0.2, 0.25) is 0 Å². The van der Waals surface area contributed by atoms with E-state index in [9.17, 15) is 13.2 Å². The van der Waals surface area contributed by atoms with Gasteiger partial charge in [-0.25, -0.2) is 9.37 Å². The third kappa shape index (κ3) is 2.68. The highest BCUT2D eigenvalue weighted by atomic mass is 19.2. The fourth-order valence-corrected chi connectivity index (χ4v) is 1.28. The minimum Gasteiger partial charge on any atom is -0.396 e. The fraction of sp³-hybridized carbons (Fsp3) is 0.500. The molecule has 0 atom stereocenters. The van der Waals surface area contributed by atoms with Gasteiger partial charge in [-0.05, 0) is 26.2 Å². The Morgan fingerprint density at radius 1 is 1.13 bits per heavy atom. The maximum Gasteiger partial charge on any atom is 0.252 e. The van der Waals surface area contributed by atoms with Crippen molar-refractivity contribution in [1.29, 1.82) is 0 Å². The van der Waals surface area contributed by atoms with Crippen LogP contribution < -0.4 is 0 Å². The zero-order valence-electron chi connectivity index (χ0n) is 8.36. The zero-order valence-corrected chi connectivity index (χ0v) is 8.36. The summed E-state index contributed by atoms with van der Waals surface area (Å²) >= 11 is 0. The molecule has 0 radical (unpaired) electrons. The molecule has 5 heteroatoms. The molecule has 0 amide bonds. The van der Waals surface area contributed by atoms with Crippen LogP contribution in [0, 0.1) is 24.5 Å². The molecule has 0 fully saturated rings. The number of halogens is 3. The van der Waals surface area contributed by atoms with Crippen molar-refractivity contribution in [2.75, 3.05) is 6.61 Å². The van der Waals surface area contributed by atoms with Crippen molar-refractivity contribution < 1.29 is 18.3 Å². The van der Waals surface area contributed by atoms with Crippen LogP contribution in [0.1, 0.15) is 24.1 Å². The Hall–Kier alpha value is -1.10. The van der Waals surface area contributed by atoms with Gasteiger partial charge in [0.25, 0.3) is 5.95 Å². The lowest BCUT2D eigenvalue weighted by molar-refractivity contribution is 0.284. The molecule has 0 aliphatic rings. The maximum absolute atomic E-state index is 13.1. The van der Waals surface area contributed by atoms with E-state index in [1.165, 1.54) is 6.92 Å². The molecule has 1 rings (SSSR count). The Bertz CT molecular complexity index is 355. The Kier molecular flexibility index (Phi) is 4.08. The molecule has 0 spiro atoms. The second-order valence-electron chi connectivity index (χ2n) is 3.28. The van der Waals surface area contributed by atoms with Crippen LogP contribution >= 0.6 is 0 Å². The van der Waals surface area contributed by atoms with Gasteiger partial charge >= 0.3 is 0 Å². The summed E-state index contributed by atoms with van der Waals surface area (Å²) in [5.41, 5.74) is 0.242. The molecule has 0 aliphatic heterocycles. The molecule has 0 saturated heterocycles. The first-order valence-electron chi connectivity index (χ1n) is 4.68. The van der Waals surface area contributed by atoms with Gasteiger partial charge in [-0.1, -0.05) is 0 Å². The normalized spacial score (nSPS) is 10.7. The molecule has 1 aromatic rings. The van der Waals surface area contributed by atoms with Gasteiger partial charge in [0, 0.05) is 17.9 Å². The van der Waals surface area contributed by atoms with Gasteiger partial charge in [0.2, 0.25) is 5.82 Å². The average molecular weight is 219 g/mol. The summed E-state index contributed by atoms with van der Waals surface area (Å²) in [4.78, 5) is 3.34. The summed E-state index contributed by atoms with van der Waals surface area (Å²) in [6, 6.07) is 0. The number of aryl methyl sites for hydroxylation is 1. The molecule has 0 aliphatic carbocycles. The van der Waals surface area contributed by atoms with Gasteiger partial charge in [-0.2, -0.15) is 8.78 Å². The lowest BCUT2D eigenvalue weighted by atomic mass is 10.1. The molecule has 1 heterocycles. The molecule has 0 unspecified atom stereocenters. The summed E-state index contributed by atoms with van der Waals surface area (Å²) in [5, 5.41) is 8.54. The first kappa shape index (κ1) is 12.0. The number of aliphatic hydroxyl groups is 1. The van der Waals surface area contributed by atoms with Crippen molar-refractivity contribution in [2.24, 2.45) is 0 Å². The van der Waals surface area contributed by atoms with Crippen molar-refractivity contribution in [3.8, 4) is 0 Å². The van der Waals surface area contributed by atoms with E-state index in [2.05, 4.69) is 4.98 Å². The van der Waals surface area contributed by atoms with E-state index in [0.29, 0.717) is 19.3 Å². The molecule has 0 bridgehead atoms. The molecule has 1 aromatic heterocycles. The topological polar surface area (TPSA) is 33.1 Å². The minimum atomic E-state index is -1.53. The number of hydrogen-bond donors (Lipinski definition) is 1. The second kappa shape index (κ2) is 5.11. The van der Waals surface area contributed by atoms with E-state index < -0.39 is 17.6 Å². The average Bonchev–Trinajstić information content (AvgIpc) is 2.23. The summed E-state index contributed by atoms with van der Waals surface area (Å²) < 4.78 is 38.5. The van der Waals surface area contributed by atoms with Gasteiger partial charge in [-0.15, -0.1) is 0 Å². The number of nitrogens with zero attached hydrogens (tertiary/aromatic N) is 1. The molecule has 15 heavy (non-hydrogen) atoms. The predicted molar refractivity (Wildman–Crippen MR) is 48.9 cm³/mol. The van der Waals surface area contributed by atoms with Crippen molar-refractivity contribution >= 4 is 0 Å². The third-order valence-electron chi connectivity index (χ3n) is 2.19. The van der Waals surface area contributed by atoms with E-state index in [-0.39, 0.29) is 17.9 Å². The summed E-state index contributed by atoms with van der Waals surface area (Å²) in [6.45, 7) is 1.38. The molecule has 0 saturated carbocycles. The largest absolute Gasteiger partial charge is 0.396 e. The lowest BCUT2D eigenvalue weighted by Crippen LogP contribution is -2.05. The van der Waals surface area contributed by atoms with Crippen LogP contribution in [0.15, 0.2) is 0 Å². The fourth-order valence-electron chi connectivity index (χ4n) is 1.28. The highest BCUT2D eigenvalue weighted by molar-refractivity contribution is 5.21. The van der Waals surface area contributed by atoms with Crippen LogP contribution in [-0.4, -0.2) is 16.7 Å². The Balaban J connectivity index is 2.89. The monoisotopic (exact) mass is 219 g/mol. The number of pyridine rings is 1. The minimum absolute atomic E-state index is 0.0191. The van der Waals surface area contributed by atoms with Crippen molar-refractivity contribution in [3.63, 3.8) is 0 Å². The smallest absolute Gasteiger partial charge is 0.252 e. The van der Waals surface area contributed by atoms with E-state index >= 15 is 0 Å². The van der Waals surface area contributed by atoms with Crippen LogP contribution in [0.25, 0.3) is 0 Å². The molecule has 0 aromatic carbocycles. The van der Waals surface area contributed by atoms with E-state index in [1.54, 1.807) is 0 Å². The first-order chi connectivity index (χ1) is 7.07. The lowest BCUT2D eigenvalue weighted by Gasteiger charge is -2.06. The van der Waals surface area contributed by atoms with Crippen molar-refractivity contribution in [1.82, 2.24) is 4.98 Å². The van der Waals surface area contributed by atoms with Crippen molar-refractivity contribution in [3.05, 3.63) is 28.8 Å². The van der Waals surface area contributed by atoms with Crippen LogP contribution in [0.4, 0.5) is 13.2 Å². The Morgan fingerprint density at radius 3 is 2.40 bits per heavy atom. The number of aliphatic hydroxyl groups excluding tert-OH is 1. The van der Waals surface area contributed by atoms with Gasteiger partial charge in [-0.3, -0.25) is 0 Å². The number of rotatable bonds is 4. The Labute approximate surface area is 85.8 Å². The molecule has 1 N–H and O–H groups in total. The molecule has 2 nitrogen and oxygen atoms in total.